The molecule has 0 aliphatic rings. The zero-order valence-electron chi connectivity index (χ0n) is 21.1. The molecular weight excluding hydrogens is 550 g/mol. The number of thioether (sulfide) groups is 1. The third kappa shape index (κ3) is 6.87. The molecule has 3 aromatic carbocycles. The maximum absolute atomic E-state index is 12.5. The molecule has 0 radical (unpaired) electrons. The van der Waals surface area contributed by atoms with Gasteiger partial charge in [0, 0.05) is 15.7 Å². The summed E-state index contributed by atoms with van der Waals surface area (Å²) < 4.78 is 8.25. The highest BCUT2D eigenvalue weighted by Gasteiger charge is 2.19. The second kappa shape index (κ2) is 11.7. The highest BCUT2D eigenvalue weighted by Crippen LogP contribution is 2.30. The first kappa shape index (κ1) is 26.6. The second-order valence-corrected chi connectivity index (χ2v) is 11.2. The van der Waals surface area contributed by atoms with Crippen LogP contribution in [0.3, 0.4) is 0 Å². The van der Waals surface area contributed by atoms with Gasteiger partial charge in [-0.25, -0.2) is 5.43 Å². The highest BCUT2D eigenvalue weighted by atomic mass is 79.9. The smallest absolute Gasteiger partial charge is 0.250 e. The SMILES string of the molecule is COc1ccc(-n2c(SCC(=O)NN=Cc3ccc(Br)cc3)nnc2-c2ccc(C(C)(C)C)cc2)cc1. The summed E-state index contributed by atoms with van der Waals surface area (Å²) in [5, 5.41) is 13.6. The number of benzene rings is 3. The van der Waals surface area contributed by atoms with Gasteiger partial charge >= 0.3 is 0 Å². The van der Waals surface area contributed by atoms with Crippen molar-refractivity contribution in [2.24, 2.45) is 5.10 Å². The Morgan fingerprint density at radius 3 is 2.32 bits per heavy atom. The Kier molecular flexibility index (Phi) is 8.45. The predicted molar refractivity (Wildman–Crippen MR) is 153 cm³/mol. The van der Waals surface area contributed by atoms with Crippen LogP contribution in [-0.4, -0.2) is 39.7 Å². The van der Waals surface area contributed by atoms with E-state index in [0.29, 0.717) is 11.0 Å². The van der Waals surface area contributed by atoms with Crippen molar-refractivity contribution in [1.29, 1.82) is 0 Å². The van der Waals surface area contributed by atoms with E-state index in [1.165, 1.54) is 17.3 Å². The molecule has 0 aliphatic heterocycles. The molecule has 1 amide bonds. The van der Waals surface area contributed by atoms with Gasteiger partial charge in [-0.1, -0.05) is 84.9 Å². The highest BCUT2D eigenvalue weighted by molar-refractivity contribution is 9.10. The minimum absolute atomic E-state index is 0.0520. The average Bonchev–Trinajstić information content (AvgIpc) is 3.32. The van der Waals surface area contributed by atoms with Gasteiger partial charge in [0.15, 0.2) is 11.0 Å². The van der Waals surface area contributed by atoms with Gasteiger partial charge in [0.1, 0.15) is 5.75 Å². The maximum atomic E-state index is 12.5. The van der Waals surface area contributed by atoms with Crippen molar-refractivity contribution < 1.29 is 9.53 Å². The summed E-state index contributed by atoms with van der Waals surface area (Å²) in [6.45, 7) is 6.56. The molecule has 7 nitrogen and oxygen atoms in total. The van der Waals surface area contributed by atoms with Crippen LogP contribution in [0.5, 0.6) is 5.75 Å². The third-order valence-corrected chi connectivity index (χ3v) is 7.04. The van der Waals surface area contributed by atoms with Gasteiger partial charge < -0.3 is 4.74 Å². The Labute approximate surface area is 229 Å². The van der Waals surface area contributed by atoms with Crippen molar-refractivity contribution in [3.05, 3.63) is 88.4 Å². The van der Waals surface area contributed by atoms with E-state index in [-0.39, 0.29) is 17.1 Å². The fourth-order valence-electron chi connectivity index (χ4n) is 3.52. The van der Waals surface area contributed by atoms with Gasteiger partial charge in [-0.3, -0.25) is 9.36 Å². The average molecular weight is 579 g/mol. The van der Waals surface area contributed by atoms with Crippen molar-refractivity contribution in [3.63, 3.8) is 0 Å². The summed E-state index contributed by atoms with van der Waals surface area (Å²) in [6, 6.07) is 23.7. The lowest BCUT2D eigenvalue weighted by Gasteiger charge is -2.19. The van der Waals surface area contributed by atoms with Gasteiger partial charge in [0.25, 0.3) is 5.91 Å². The van der Waals surface area contributed by atoms with E-state index in [0.717, 1.165) is 27.0 Å². The first-order valence-corrected chi connectivity index (χ1v) is 13.4. The third-order valence-electron chi connectivity index (χ3n) is 5.58. The summed E-state index contributed by atoms with van der Waals surface area (Å²) >= 11 is 4.70. The number of amides is 1. The standard InChI is InChI=1S/C28H28BrN5O2S/c1-28(2,3)21-9-7-20(8-10-21)26-32-33-27(34(26)23-13-15-24(36-4)16-14-23)37-18-25(35)31-30-17-19-5-11-22(29)12-6-19/h5-17H,18H2,1-4H3,(H,31,35). The summed E-state index contributed by atoms with van der Waals surface area (Å²) in [6.07, 6.45) is 1.61. The number of nitrogens with zero attached hydrogens (tertiary/aromatic N) is 4. The number of carbonyl (C=O) groups excluding carboxylic acids is 1. The van der Waals surface area contributed by atoms with Crippen LogP contribution < -0.4 is 10.2 Å². The van der Waals surface area contributed by atoms with Gasteiger partial charge in [-0.15, -0.1) is 10.2 Å². The first-order valence-electron chi connectivity index (χ1n) is 11.7. The molecule has 0 aliphatic carbocycles. The van der Waals surface area contributed by atoms with Crippen LogP contribution in [0.25, 0.3) is 17.1 Å². The van der Waals surface area contributed by atoms with Gasteiger partial charge in [0.05, 0.1) is 19.1 Å². The summed E-state index contributed by atoms with van der Waals surface area (Å²) in [7, 11) is 1.63. The molecule has 1 aromatic heterocycles. The second-order valence-electron chi connectivity index (χ2n) is 9.30. The van der Waals surface area contributed by atoms with Crippen LogP contribution in [0.1, 0.15) is 31.9 Å². The van der Waals surface area contributed by atoms with Crippen LogP contribution in [0.4, 0.5) is 0 Å². The number of methoxy groups -OCH3 is 1. The largest absolute Gasteiger partial charge is 0.497 e. The summed E-state index contributed by atoms with van der Waals surface area (Å²) in [5.41, 5.74) is 6.56. The molecule has 0 unspecified atom stereocenters. The first-order chi connectivity index (χ1) is 17.7. The van der Waals surface area contributed by atoms with E-state index < -0.39 is 0 Å². The Morgan fingerprint density at radius 1 is 1.03 bits per heavy atom. The molecule has 4 aromatic rings. The van der Waals surface area contributed by atoms with E-state index in [4.69, 9.17) is 4.74 Å². The Bertz CT molecular complexity index is 1380. The number of hydrogen-bond donors (Lipinski definition) is 1. The van der Waals surface area contributed by atoms with E-state index >= 15 is 0 Å². The fraction of sp³-hybridized carbons (Fsp3) is 0.214. The van der Waals surface area contributed by atoms with E-state index in [1.54, 1.807) is 13.3 Å². The molecule has 0 spiro atoms. The Morgan fingerprint density at radius 2 is 1.70 bits per heavy atom. The molecule has 37 heavy (non-hydrogen) atoms. The number of hydrazone groups is 1. The van der Waals surface area contributed by atoms with Crippen molar-refractivity contribution >= 4 is 39.8 Å². The predicted octanol–water partition coefficient (Wildman–Crippen LogP) is 6.25. The monoisotopic (exact) mass is 577 g/mol. The lowest BCUT2D eigenvalue weighted by atomic mass is 9.87. The fourth-order valence-corrected chi connectivity index (χ4v) is 4.53. The van der Waals surface area contributed by atoms with Gasteiger partial charge in [-0.2, -0.15) is 5.10 Å². The molecule has 0 saturated carbocycles. The van der Waals surface area contributed by atoms with Crippen molar-refractivity contribution in [2.75, 3.05) is 12.9 Å². The van der Waals surface area contributed by atoms with Crippen LogP contribution in [0.15, 0.2) is 87.5 Å². The number of hydrogen-bond acceptors (Lipinski definition) is 6. The molecule has 0 saturated heterocycles. The molecule has 0 fully saturated rings. The minimum Gasteiger partial charge on any atom is -0.497 e. The maximum Gasteiger partial charge on any atom is 0.250 e. The molecule has 190 valence electrons. The topological polar surface area (TPSA) is 81.4 Å². The van der Waals surface area contributed by atoms with Crippen molar-refractivity contribution in [1.82, 2.24) is 20.2 Å². The number of rotatable bonds is 8. The van der Waals surface area contributed by atoms with Crippen LogP contribution in [0.2, 0.25) is 0 Å². The lowest BCUT2D eigenvalue weighted by molar-refractivity contribution is -0.118. The number of aromatic nitrogens is 3. The number of nitrogens with one attached hydrogen (secondary N) is 1. The molecule has 4 rings (SSSR count). The van der Waals surface area contributed by atoms with E-state index in [2.05, 4.69) is 81.7 Å². The molecule has 1 heterocycles. The van der Waals surface area contributed by atoms with Crippen molar-refractivity contribution in [3.8, 4) is 22.8 Å². The zero-order valence-corrected chi connectivity index (χ0v) is 23.5. The minimum atomic E-state index is -0.237. The molecule has 0 bridgehead atoms. The molecule has 9 heteroatoms. The van der Waals surface area contributed by atoms with E-state index in [9.17, 15) is 4.79 Å². The molecule has 0 atom stereocenters. The number of carbonyl (C=O) groups is 1. The summed E-state index contributed by atoms with van der Waals surface area (Å²) in [4.78, 5) is 12.5. The van der Waals surface area contributed by atoms with Gasteiger partial charge in [-0.05, 0) is 52.9 Å². The zero-order chi connectivity index (χ0) is 26.4. The van der Waals surface area contributed by atoms with E-state index in [1.807, 2.05) is 53.1 Å². The van der Waals surface area contributed by atoms with Crippen molar-refractivity contribution in [2.45, 2.75) is 31.3 Å². The molecule has 1 N–H and O–H groups in total. The van der Waals surface area contributed by atoms with Gasteiger partial charge in [0.2, 0.25) is 0 Å². The molecular formula is C28H28BrN5O2S. The Balaban J connectivity index is 1.54. The van der Waals surface area contributed by atoms with Crippen LogP contribution >= 0.6 is 27.7 Å². The quantitative estimate of drug-likeness (QED) is 0.152. The van der Waals surface area contributed by atoms with Crippen LogP contribution in [-0.2, 0) is 10.2 Å². The number of ether oxygens (including phenoxy) is 1. The lowest BCUT2D eigenvalue weighted by Crippen LogP contribution is -2.20. The number of halogens is 1. The normalized spacial score (nSPS) is 11.6. The van der Waals surface area contributed by atoms with Crippen LogP contribution in [0, 0.1) is 0 Å². The Hall–Kier alpha value is -3.43. The summed E-state index contributed by atoms with van der Waals surface area (Å²) in [5.74, 6) is 1.35.